The zero-order valence-corrected chi connectivity index (χ0v) is 13.0. The molecule has 1 aliphatic carbocycles. The Hall–Kier alpha value is -2.06. The fourth-order valence-electron chi connectivity index (χ4n) is 2.85. The number of halogens is 1. The van der Waals surface area contributed by atoms with Gasteiger partial charge >= 0.3 is 0 Å². The van der Waals surface area contributed by atoms with Gasteiger partial charge in [0.15, 0.2) is 0 Å². The molecule has 0 amide bonds. The van der Waals surface area contributed by atoms with Gasteiger partial charge in [-0.3, -0.25) is 4.99 Å². The quantitative estimate of drug-likeness (QED) is 0.789. The highest BCUT2D eigenvalue weighted by Crippen LogP contribution is 2.35. The predicted octanol–water partition coefficient (Wildman–Crippen LogP) is 4.88. The van der Waals surface area contributed by atoms with Gasteiger partial charge in [-0.15, -0.1) is 0 Å². The molecule has 0 unspecified atom stereocenters. The molecule has 110 valence electrons. The number of hydrogen-bond acceptors (Lipinski definition) is 2. The Morgan fingerprint density at radius 2 is 1.91 bits per heavy atom. The highest BCUT2D eigenvalue weighted by Gasteiger charge is 2.26. The molecule has 0 bridgehead atoms. The number of nitrogens with zero attached hydrogens (tertiary/aromatic N) is 2. The van der Waals surface area contributed by atoms with Crippen molar-refractivity contribution in [1.29, 1.82) is 0 Å². The Bertz CT molecular complexity index is 745. The second-order valence-corrected chi connectivity index (χ2v) is 6.34. The lowest BCUT2D eigenvalue weighted by molar-refractivity contribution is 0.809. The van der Waals surface area contributed by atoms with Crippen molar-refractivity contribution in [3.05, 3.63) is 77.1 Å². The smallest absolute Gasteiger partial charge is 0.0796 e. The largest absolute Gasteiger partial charge is 0.346 e. The van der Waals surface area contributed by atoms with Crippen LogP contribution in [0.25, 0.3) is 0 Å². The SMILES string of the molecule is Clc1ccc2c(c1)C(c1ccccc1)=NC=CN2CC1CC1. The molecule has 3 heteroatoms. The number of anilines is 1. The number of fused-ring (bicyclic) bond motifs is 1. The second kappa shape index (κ2) is 5.62. The summed E-state index contributed by atoms with van der Waals surface area (Å²) in [5, 5.41) is 0.746. The van der Waals surface area contributed by atoms with Gasteiger partial charge in [0.25, 0.3) is 0 Å². The minimum absolute atomic E-state index is 0.746. The third kappa shape index (κ3) is 2.67. The molecule has 0 radical (unpaired) electrons. The summed E-state index contributed by atoms with van der Waals surface area (Å²) in [6, 6.07) is 16.4. The van der Waals surface area contributed by atoms with E-state index in [1.54, 1.807) is 0 Å². The Morgan fingerprint density at radius 1 is 1.09 bits per heavy atom. The van der Waals surface area contributed by atoms with Crippen LogP contribution in [-0.2, 0) is 0 Å². The minimum Gasteiger partial charge on any atom is -0.346 e. The molecule has 2 aromatic rings. The third-order valence-corrected chi connectivity index (χ3v) is 4.41. The topological polar surface area (TPSA) is 15.6 Å². The van der Waals surface area contributed by atoms with Crippen molar-refractivity contribution in [3.8, 4) is 0 Å². The van der Waals surface area contributed by atoms with E-state index in [0.29, 0.717) is 0 Å². The highest BCUT2D eigenvalue weighted by atomic mass is 35.5. The summed E-state index contributed by atoms with van der Waals surface area (Å²) < 4.78 is 0. The van der Waals surface area contributed by atoms with Crippen molar-refractivity contribution in [2.75, 3.05) is 11.4 Å². The Labute approximate surface area is 135 Å². The zero-order valence-electron chi connectivity index (χ0n) is 12.2. The molecule has 1 heterocycles. The van der Waals surface area contributed by atoms with E-state index in [2.05, 4.69) is 34.3 Å². The van der Waals surface area contributed by atoms with Crippen LogP contribution in [0.2, 0.25) is 5.02 Å². The number of aliphatic imine (C=N–C) groups is 1. The molecule has 2 nitrogen and oxygen atoms in total. The molecule has 1 aliphatic heterocycles. The first-order valence-corrected chi connectivity index (χ1v) is 8.05. The Kier molecular flexibility index (Phi) is 3.47. The van der Waals surface area contributed by atoms with Crippen LogP contribution in [0.1, 0.15) is 24.0 Å². The lowest BCUT2D eigenvalue weighted by Crippen LogP contribution is -2.20. The summed E-state index contributed by atoms with van der Waals surface area (Å²) in [5.41, 5.74) is 4.38. The first kappa shape index (κ1) is 13.6. The van der Waals surface area contributed by atoms with Crippen molar-refractivity contribution in [1.82, 2.24) is 0 Å². The van der Waals surface area contributed by atoms with Gasteiger partial charge in [0.1, 0.15) is 0 Å². The summed E-state index contributed by atoms with van der Waals surface area (Å²) in [4.78, 5) is 7.00. The normalized spacial score (nSPS) is 17.0. The summed E-state index contributed by atoms with van der Waals surface area (Å²) in [6.45, 7) is 1.06. The third-order valence-electron chi connectivity index (χ3n) is 4.17. The van der Waals surface area contributed by atoms with Crippen LogP contribution in [0.5, 0.6) is 0 Å². The van der Waals surface area contributed by atoms with Gasteiger partial charge < -0.3 is 4.90 Å². The number of hydrogen-bond donors (Lipinski definition) is 0. The van der Waals surface area contributed by atoms with Crippen LogP contribution in [0.4, 0.5) is 5.69 Å². The first-order chi connectivity index (χ1) is 10.8. The molecule has 0 atom stereocenters. The molecule has 0 N–H and O–H groups in total. The molecule has 0 saturated heterocycles. The van der Waals surface area contributed by atoms with Crippen LogP contribution < -0.4 is 4.90 Å². The van der Waals surface area contributed by atoms with Crippen LogP contribution in [0.15, 0.2) is 65.9 Å². The molecule has 1 saturated carbocycles. The molecular formula is C19H17ClN2. The van der Waals surface area contributed by atoms with Crippen molar-refractivity contribution in [2.24, 2.45) is 10.9 Å². The van der Waals surface area contributed by atoms with Crippen molar-refractivity contribution in [3.63, 3.8) is 0 Å². The molecular weight excluding hydrogens is 292 g/mol. The molecule has 22 heavy (non-hydrogen) atoms. The van der Waals surface area contributed by atoms with Crippen LogP contribution in [0, 0.1) is 5.92 Å². The predicted molar refractivity (Wildman–Crippen MR) is 92.7 cm³/mol. The maximum atomic E-state index is 6.25. The second-order valence-electron chi connectivity index (χ2n) is 5.90. The van der Waals surface area contributed by atoms with Gasteiger partial charge in [0.05, 0.1) is 11.4 Å². The van der Waals surface area contributed by atoms with Crippen molar-refractivity contribution in [2.45, 2.75) is 12.8 Å². The van der Waals surface area contributed by atoms with Gasteiger partial charge in [0.2, 0.25) is 0 Å². The molecule has 4 rings (SSSR count). The number of rotatable bonds is 3. The van der Waals surface area contributed by atoms with E-state index in [0.717, 1.165) is 34.3 Å². The average molecular weight is 309 g/mol. The number of benzene rings is 2. The maximum Gasteiger partial charge on any atom is 0.0796 e. The van der Waals surface area contributed by atoms with Gasteiger partial charge in [-0.25, -0.2) is 0 Å². The van der Waals surface area contributed by atoms with E-state index >= 15 is 0 Å². The van der Waals surface area contributed by atoms with E-state index in [1.807, 2.05) is 36.5 Å². The van der Waals surface area contributed by atoms with Gasteiger partial charge in [0, 0.05) is 35.1 Å². The van der Waals surface area contributed by atoms with Crippen LogP contribution in [0.3, 0.4) is 0 Å². The van der Waals surface area contributed by atoms with E-state index in [4.69, 9.17) is 11.6 Å². The first-order valence-electron chi connectivity index (χ1n) is 7.68. The summed E-state index contributed by atoms with van der Waals surface area (Å²) in [5.74, 6) is 0.812. The van der Waals surface area contributed by atoms with Gasteiger partial charge in [-0.2, -0.15) is 0 Å². The molecule has 2 aromatic carbocycles. The van der Waals surface area contributed by atoms with E-state index in [1.165, 1.54) is 18.5 Å². The maximum absolute atomic E-state index is 6.25. The summed E-state index contributed by atoms with van der Waals surface area (Å²) in [7, 11) is 0. The fourth-order valence-corrected chi connectivity index (χ4v) is 3.02. The summed E-state index contributed by atoms with van der Waals surface area (Å²) in [6.07, 6.45) is 6.65. The highest BCUT2D eigenvalue weighted by molar-refractivity contribution is 6.31. The zero-order chi connectivity index (χ0) is 14.9. The molecule has 1 fully saturated rings. The molecule has 0 aromatic heterocycles. The van der Waals surface area contributed by atoms with Crippen LogP contribution >= 0.6 is 11.6 Å². The Morgan fingerprint density at radius 3 is 2.68 bits per heavy atom. The minimum atomic E-state index is 0.746. The van der Waals surface area contributed by atoms with Crippen molar-refractivity contribution < 1.29 is 0 Å². The lowest BCUT2D eigenvalue weighted by Gasteiger charge is -2.22. The monoisotopic (exact) mass is 308 g/mol. The van der Waals surface area contributed by atoms with E-state index < -0.39 is 0 Å². The van der Waals surface area contributed by atoms with Crippen LogP contribution in [-0.4, -0.2) is 12.3 Å². The van der Waals surface area contributed by atoms with Gasteiger partial charge in [-0.1, -0.05) is 41.9 Å². The standard InChI is InChI=1S/C19H17ClN2/c20-16-8-9-18-17(12-16)19(15-4-2-1-3-5-15)21-10-11-22(18)13-14-6-7-14/h1-5,8-12,14H,6-7,13H2. The van der Waals surface area contributed by atoms with Gasteiger partial charge in [-0.05, 0) is 37.0 Å². The fraction of sp³-hybridized carbons (Fsp3) is 0.211. The summed E-state index contributed by atoms with van der Waals surface area (Å²) >= 11 is 6.25. The molecule has 2 aliphatic rings. The Balaban J connectivity index is 1.82. The van der Waals surface area contributed by atoms with Crippen molar-refractivity contribution >= 4 is 23.0 Å². The average Bonchev–Trinajstić information content (AvgIpc) is 3.36. The van der Waals surface area contributed by atoms with E-state index in [-0.39, 0.29) is 0 Å². The lowest BCUT2D eigenvalue weighted by atomic mass is 10.00. The molecule has 0 spiro atoms. The van der Waals surface area contributed by atoms with E-state index in [9.17, 15) is 0 Å².